The Labute approximate surface area is 178 Å². The van der Waals surface area contributed by atoms with Gasteiger partial charge in [0, 0.05) is 30.1 Å². The van der Waals surface area contributed by atoms with Gasteiger partial charge in [-0.3, -0.25) is 4.98 Å². The third-order valence-corrected chi connectivity index (χ3v) is 4.27. The minimum absolute atomic E-state index is 0.00355. The molecule has 0 aliphatic heterocycles. The van der Waals surface area contributed by atoms with Crippen molar-refractivity contribution < 1.29 is 31.4 Å². The van der Waals surface area contributed by atoms with Crippen LogP contribution >= 0.6 is 0 Å². The molecule has 32 heavy (non-hydrogen) atoms. The number of hydrogen-bond acceptors (Lipinski definition) is 6. The molecule has 0 unspecified atom stereocenters. The average molecular weight is 457 g/mol. The van der Waals surface area contributed by atoms with E-state index in [0.717, 1.165) is 0 Å². The van der Waals surface area contributed by atoms with Crippen LogP contribution in [0.25, 0.3) is 11.3 Å². The zero-order valence-corrected chi connectivity index (χ0v) is 16.5. The number of benzene rings is 1. The fourth-order valence-electron chi connectivity index (χ4n) is 2.71. The van der Waals surface area contributed by atoms with Crippen LogP contribution in [-0.2, 0) is 12.4 Å². The third-order valence-electron chi connectivity index (χ3n) is 4.27. The van der Waals surface area contributed by atoms with Crippen LogP contribution in [0.3, 0.4) is 0 Å². The molecule has 0 bridgehead atoms. The van der Waals surface area contributed by atoms with Crippen LogP contribution in [0, 0.1) is 0 Å². The highest BCUT2D eigenvalue weighted by Crippen LogP contribution is 2.40. The molecule has 0 aliphatic rings. The predicted octanol–water partition coefficient (Wildman–Crippen LogP) is 5.11. The maximum atomic E-state index is 13.5. The number of nitrogens with zero attached hydrogens (tertiary/aromatic N) is 3. The Kier molecular flexibility index (Phi) is 6.53. The van der Waals surface area contributed by atoms with E-state index in [1.165, 1.54) is 18.5 Å². The van der Waals surface area contributed by atoms with Gasteiger partial charge in [0.05, 0.1) is 29.1 Å². The lowest BCUT2D eigenvalue weighted by Gasteiger charge is -2.18. The first-order valence-electron chi connectivity index (χ1n) is 9.19. The summed E-state index contributed by atoms with van der Waals surface area (Å²) in [6, 6.07) is 5.41. The quantitative estimate of drug-likeness (QED) is 0.446. The molecule has 6 nitrogen and oxygen atoms in total. The van der Waals surface area contributed by atoms with Crippen LogP contribution in [0.2, 0.25) is 0 Å². The number of anilines is 3. The summed E-state index contributed by atoms with van der Waals surface area (Å²) in [7, 11) is 0. The molecule has 0 radical (unpaired) electrons. The normalized spacial score (nSPS) is 13.0. The van der Waals surface area contributed by atoms with E-state index >= 15 is 0 Å². The van der Waals surface area contributed by atoms with E-state index in [2.05, 4.69) is 25.6 Å². The molecule has 170 valence electrons. The fraction of sp³-hybridized carbons (Fsp3) is 0.250. The van der Waals surface area contributed by atoms with Gasteiger partial charge in [-0.1, -0.05) is 0 Å². The average Bonchev–Trinajstić information content (AvgIpc) is 2.73. The summed E-state index contributed by atoms with van der Waals surface area (Å²) in [6.45, 7) is 1.37. The van der Waals surface area contributed by atoms with Crippen molar-refractivity contribution in [1.29, 1.82) is 0 Å². The van der Waals surface area contributed by atoms with Gasteiger partial charge in [0.15, 0.2) is 0 Å². The number of aliphatic hydroxyl groups excluding tert-OH is 1. The maximum absolute atomic E-state index is 13.5. The van der Waals surface area contributed by atoms with Crippen LogP contribution in [-0.4, -0.2) is 32.7 Å². The first kappa shape index (κ1) is 23.3. The van der Waals surface area contributed by atoms with E-state index in [9.17, 15) is 31.4 Å². The molecule has 2 aromatic heterocycles. The Morgan fingerprint density at radius 3 is 2.22 bits per heavy atom. The highest BCUT2D eigenvalue weighted by Gasteiger charge is 2.38. The molecule has 0 spiro atoms. The SMILES string of the molecule is C[C@H](CO)Nc1nc(Nc2ccc(C(F)(F)F)cc2C(F)(F)F)cc(-c2ccncc2)n1. The second kappa shape index (κ2) is 8.99. The molecule has 3 rings (SSSR count). The minimum Gasteiger partial charge on any atom is -0.394 e. The molecule has 1 aromatic carbocycles. The number of hydrogen-bond donors (Lipinski definition) is 3. The first-order chi connectivity index (χ1) is 15.0. The summed E-state index contributed by atoms with van der Waals surface area (Å²) in [6.07, 6.45) is -6.99. The summed E-state index contributed by atoms with van der Waals surface area (Å²) in [5, 5.41) is 14.5. The molecule has 0 amide bonds. The van der Waals surface area contributed by atoms with E-state index in [4.69, 9.17) is 0 Å². The summed E-state index contributed by atoms with van der Waals surface area (Å²) < 4.78 is 79.2. The van der Waals surface area contributed by atoms with Gasteiger partial charge < -0.3 is 15.7 Å². The molecule has 0 saturated carbocycles. The first-order valence-corrected chi connectivity index (χ1v) is 9.19. The highest BCUT2D eigenvalue weighted by atomic mass is 19.4. The summed E-state index contributed by atoms with van der Waals surface area (Å²) in [5.74, 6) is -0.0893. The maximum Gasteiger partial charge on any atom is 0.418 e. The van der Waals surface area contributed by atoms with Crippen molar-refractivity contribution in [3.63, 3.8) is 0 Å². The van der Waals surface area contributed by atoms with Gasteiger partial charge in [-0.25, -0.2) is 4.98 Å². The zero-order valence-electron chi connectivity index (χ0n) is 16.5. The van der Waals surface area contributed by atoms with Crippen molar-refractivity contribution in [3.8, 4) is 11.3 Å². The third kappa shape index (κ3) is 5.63. The summed E-state index contributed by atoms with van der Waals surface area (Å²) in [4.78, 5) is 12.3. The Bertz CT molecular complexity index is 1070. The predicted molar refractivity (Wildman–Crippen MR) is 105 cm³/mol. The molecular weight excluding hydrogens is 440 g/mol. The van der Waals surface area contributed by atoms with Crippen LogP contribution < -0.4 is 10.6 Å². The molecule has 0 aliphatic carbocycles. The van der Waals surface area contributed by atoms with Crippen molar-refractivity contribution in [2.75, 3.05) is 17.2 Å². The molecule has 3 N–H and O–H groups in total. The van der Waals surface area contributed by atoms with Crippen molar-refractivity contribution >= 4 is 17.5 Å². The van der Waals surface area contributed by atoms with E-state index in [-0.39, 0.29) is 24.4 Å². The Balaban J connectivity index is 2.07. The van der Waals surface area contributed by atoms with E-state index in [0.29, 0.717) is 23.4 Å². The largest absolute Gasteiger partial charge is 0.418 e. The monoisotopic (exact) mass is 457 g/mol. The number of pyridine rings is 1. The van der Waals surface area contributed by atoms with Gasteiger partial charge in [-0.2, -0.15) is 31.3 Å². The number of aromatic nitrogens is 3. The van der Waals surface area contributed by atoms with Crippen molar-refractivity contribution in [2.24, 2.45) is 0 Å². The highest BCUT2D eigenvalue weighted by molar-refractivity contribution is 5.69. The van der Waals surface area contributed by atoms with Gasteiger partial charge in [0.1, 0.15) is 5.82 Å². The van der Waals surface area contributed by atoms with Gasteiger partial charge in [0.2, 0.25) is 5.95 Å². The molecular formula is C20H17F6N5O. The Morgan fingerprint density at radius 2 is 1.62 bits per heavy atom. The van der Waals surface area contributed by atoms with Crippen molar-refractivity contribution in [3.05, 3.63) is 59.9 Å². The zero-order chi connectivity index (χ0) is 23.5. The minimum atomic E-state index is -5.04. The van der Waals surface area contributed by atoms with Gasteiger partial charge >= 0.3 is 12.4 Å². The van der Waals surface area contributed by atoms with Gasteiger partial charge in [-0.05, 0) is 37.3 Å². The smallest absolute Gasteiger partial charge is 0.394 e. The number of rotatable bonds is 6. The summed E-state index contributed by atoms with van der Waals surface area (Å²) >= 11 is 0. The van der Waals surface area contributed by atoms with Crippen LogP contribution in [0.1, 0.15) is 18.1 Å². The van der Waals surface area contributed by atoms with Crippen LogP contribution in [0.15, 0.2) is 48.8 Å². The van der Waals surface area contributed by atoms with Gasteiger partial charge in [-0.15, -0.1) is 0 Å². The lowest BCUT2D eigenvalue weighted by molar-refractivity contribution is -0.142. The molecule has 0 saturated heterocycles. The number of alkyl halides is 6. The van der Waals surface area contributed by atoms with Gasteiger partial charge in [0.25, 0.3) is 0 Å². The van der Waals surface area contributed by atoms with Crippen molar-refractivity contribution in [2.45, 2.75) is 25.3 Å². The molecule has 3 aromatic rings. The Morgan fingerprint density at radius 1 is 0.938 bits per heavy atom. The Hall–Kier alpha value is -3.41. The summed E-state index contributed by atoms with van der Waals surface area (Å²) in [5.41, 5.74) is -2.62. The lowest BCUT2D eigenvalue weighted by Crippen LogP contribution is -2.21. The standard InChI is InChI=1S/C20H17F6N5O/c1-11(10-32)28-18-30-16(12-4-6-27-7-5-12)9-17(31-18)29-15-3-2-13(19(21,22)23)8-14(15)20(24,25)26/h2-9,11,32H,10H2,1H3,(H2,28,29,30,31)/t11-/m1/s1. The topological polar surface area (TPSA) is 83.0 Å². The number of halogens is 6. The van der Waals surface area contributed by atoms with E-state index in [1.807, 2.05) is 0 Å². The van der Waals surface area contributed by atoms with E-state index < -0.39 is 35.2 Å². The van der Waals surface area contributed by atoms with Crippen LogP contribution in [0.5, 0.6) is 0 Å². The number of aliphatic hydroxyl groups is 1. The van der Waals surface area contributed by atoms with E-state index in [1.54, 1.807) is 19.1 Å². The number of nitrogens with one attached hydrogen (secondary N) is 2. The fourth-order valence-corrected chi connectivity index (χ4v) is 2.71. The van der Waals surface area contributed by atoms with Crippen molar-refractivity contribution in [1.82, 2.24) is 15.0 Å². The second-order valence-corrected chi connectivity index (χ2v) is 6.81. The molecule has 12 heteroatoms. The second-order valence-electron chi connectivity index (χ2n) is 6.81. The van der Waals surface area contributed by atoms with Crippen LogP contribution in [0.4, 0.5) is 43.8 Å². The molecule has 1 atom stereocenters. The molecule has 0 fully saturated rings. The molecule has 2 heterocycles. The lowest BCUT2D eigenvalue weighted by atomic mass is 10.1.